The van der Waals surface area contributed by atoms with Crippen LogP contribution in [0, 0.1) is 17.3 Å². The second-order valence-electron chi connectivity index (χ2n) is 13.2. The molecule has 0 amide bonds. The number of fused-ring (bicyclic) bond motifs is 6. The molecular formula is C31H43N3O3. The zero-order valence-electron chi connectivity index (χ0n) is 23.0. The van der Waals surface area contributed by atoms with Crippen LogP contribution in [0.2, 0.25) is 0 Å². The molecule has 5 unspecified atom stereocenters. The SMILES string of the molecule is CCOC(=O)c1nc2ccccc2n(C2C[C@H]3CC[C@@H](C2)N3C23CC(C)CC(C)(CC(CC)C2)C3)c1=O. The number of benzene rings is 1. The molecule has 37 heavy (non-hydrogen) atoms. The Labute approximate surface area is 220 Å². The van der Waals surface area contributed by atoms with Crippen molar-refractivity contribution < 1.29 is 9.53 Å². The van der Waals surface area contributed by atoms with E-state index in [2.05, 4.69) is 30.7 Å². The maximum atomic E-state index is 13.7. The van der Waals surface area contributed by atoms with Gasteiger partial charge in [-0.25, -0.2) is 9.78 Å². The second kappa shape index (κ2) is 9.21. The molecule has 6 rings (SSSR count). The summed E-state index contributed by atoms with van der Waals surface area (Å²) < 4.78 is 7.11. The van der Waals surface area contributed by atoms with Gasteiger partial charge in [0.05, 0.1) is 17.6 Å². The molecule has 1 aromatic heterocycles. The maximum absolute atomic E-state index is 13.7. The molecule has 2 aromatic rings. The van der Waals surface area contributed by atoms with Gasteiger partial charge in [-0.1, -0.05) is 39.3 Å². The summed E-state index contributed by atoms with van der Waals surface area (Å²) in [4.78, 5) is 33.8. The Morgan fingerprint density at radius 1 is 1.05 bits per heavy atom. The first-order valence-electron chi connectivity index (χ1n) is 14.7. The van der Waals surface area contributed by atoms with Crippen LogP contribution >= 0.6 is 0 Å². The molecule has 4 bridgehead atoms. The van der Waals surface area contributed by atoms with E-state index in [1.54, 1.807) is 6.92 Å². The molecule has 6 heteroatoms. The summed E-state index contributed by atoms with van der Waals surface area (Å²) in [5.41, 5.74) is 1.91. The number of para-hydroxylation sites is 2. The van der Waals surface area contributed by atoms with Gasteiger partial charge in [-0.05, 0) is 94.1 Å². The average Bonchev–Trinajstić information content (AvgIpc) is 3.13. The Kier molecular flexibility index (Phi) is 6.25. The van der Waals surface area contributed by atoms with Crippen molar-refractivity contribution in [3.63, 3.8) is 0 Å². The third kappa shape index (κ3) is 4.14. The summed E-state index contributed by atoms with van der Waals surface area (Å²) in [5, 5.41) is 0. The largest absolute Gasteiger partial charge is 0.461 e. The summed E-state index contributed by atoms with van der Waals surface area (Å²) in [5.74, 6) is 0.976. The number of carbonyl (C=O) groups excluding carboxylic acids is 1. The van der Waals surface area contributed by atoms with E-state index >= 15 is 0 Å². The lowest BCUT2D eigenvalue weighted by atomic mass is 9.53. The van der Waals surface area contributed by atoms with Crippen molar-refractivity contribution in [2.24, 2.45) is 17.3 Å². The standard InChI is InChI=1S/C31H43N3O3/c1-5-21-17-30(4)15-20(3)16-31(18-21,19-30)34-22-11-12-23(34)14-24(13-22)33-26-10-8-7-9-25(26)32-27(28(33)35)29(36)37-6-2/h7-10,20-24H,5-6,11-19H2,1-4H3/t20?,21?,22-,23+,24?,30?,31?. The van der Waals surface area contributed by atoms with Crippen molar-refractivity contribution in [1.82, 2.24) is 14.5 Å². The van der Waals surface area contributed by atoms with E-state index in [1.165, 1.54) is 51.4 Å². The van der Waals surface area contributed by atoms with Gasteiger partial charge in [0.2, 0.25) is 5.69 Å². The topological polar surface area (TPSA) is 64.4 Å². The highest BCUT2D eigenvalue weighted by atomic mass is 16.5. The molecule has 1 aromatic carbocycles. The van der Waals surface area contributed by atoms with Gasteiger partial charge in [0.25, 0.3) is 5.56 Å². The fourth-order valence-corrected chi connectivity index (χ4v) is 9.69. The van der Waals surface area contributed by atoms with Crippen LogP contribution < -0.4 is 5.56 Å². The highest BCUT2D eigenvalue weighted by Crippen LogP contribution is 2.60. The number of ether oxygens (including phenoxy) is 1. The van der Waals surface area contributed by atoms with Crippen LogP contribution in [0.1, 0.15) is 108 Å². The van der Waals surface area contributed by atoms with E-state index < -0.39 is 5.97 Å². The van der Waals surface area contributed by atoms with Gasteiger partial charge in [-0.2, -0.15) is 0 Å². The number of esters is 1. The zero-order valence-corrected chi connectivity index (χ0v) is 23.0. The number of nitrogens with zero attached hydrogens (tertiary/aromatic N) is 3. The molecule has 6 nitrogen and oxygen atoms in total. The van der Waals surface area contributed by atoms with Crippen molar-refractivity contribution in [3.05, 3.63) is 40.3 Å². The van der Waals surface area contributed by atoms with Crippen LogP contribution in [0.3, 0.4) is 0 Å². The number of hydrogen-bond acceptors (Lipinski definition) is 5. The minimum absolute atomic E-state index is 0.0798. The Morgan fingerprint density at radius 3 is 2.49 bits per heavy atom. The first-order chi connectivity index (χ1) is 17.8. The van der Waals surface area contributed by atoms with Gasteiger partial charge in [0, 0.05) is 23.7 Å². The molecule has 2 aliphatic heterocycles. The van der Waals surface area contributed by atoms with E-state index in [0.29, 0.717) is 28.6 Å². The quantitative estimate of drug-likeness (QED) is 0.458. The van der Waals surface area contributed by atoms with Crippen molar-refractivity contribution in [2.45, 2.75) is 116 Å². The highest BCUT2D eigenvalue weighted by molar-refractivity contribution is 5.89. The van der Waals surface area contributed by atoms with Crippen molar-refractivity contribution in [1.29, 1.82) is 0 Å². The Bertz CT molecular complexity index is 1240. The van der Waals surface area contributed by atoms with Gasteiger partial charge in [-0.3, -0.25) is 9.69 Å². The van der Waals surface area contributed by atoms with E-state index in [0.717, 1.165) is 30.2 Å². The Hall–Kier alpha value is -2.21. The van der Waals surface area contributed by atoms with Crippen LogP contribution in [0.5, 0.6) is 0 Å². The van der Waals surface area contributed by atoms with Gasteiger partial charge in [0.1, 0.15) is 0 Å². The van der Waals surface area contributed by atoms with Crippen molar-refractivity contribution >= 4 is 17.0 Å². The van der Waals surface area contributed by atoms with E-state index in [-0.39, 0.29) is 23.9 Å². The van der Waals surface area contributed by atoms with E-state index in [4.69, 9.17) is 4.74 Å². The predicted octanol–water partition coefficient (Wildman–Crippen LogP) is 6.13. The normalized spacial score (nSPS) is 37.6. The van der Waals surface area contributed by atoms with Gasteiger partial charge < -0.3 is 9.30 Å². The molecular weight excluding hydrogens is 462 g/mol. The molecule has 200 valence electrons. The predicted molar refractivity (Wildman–Crippen MR) is 146 cm³/mol. The van der Waals surface area contributed by atoms with Crippen LogP contribution in [0.4, 0.5) is 0 Å². The highest BCUT2D eigenvalue weighted by Gasteiger charge is 2.58. The summed E-state index contributed by atoms with van der Waals surface area (Å²) in [6, 6.07) is 8.83. The molecule has 4 aliphatic rings. The van der Waals surface area contributed by atoms with Crippen molar-refractivity contribution in [2.75, 3.05) is 6.61 Å². The van der Waals surface area contributed by atoms with Gasteiger partial charge in [-0.15, -0.1) is 0 Å². The molecule has 0 N–H and O–H groups in total. The minimum Gasteiger partial charge on any atom is -0.461 e. The molecule has 0 spiro atoms. The zero-order chi connectivity index (χ0) is 25.9. The smallest absolute Gasteiger partial charge is 0.362 e. The maximum Gasteiger partial charge on any atom is 0.362 e. The number of aromatic nitrogens is 2. The second-order valence-corrected chi connectivity index (χ2v) is 13.2. The summed E-state index contributed by atoms with van der Waals surface area (Å²) in [6.45, 7) is 9.42. The lowest BCUT2D eigenvalue weighted by molar-refractivity contribution is -0.115. The number of carbonyl (C=O) groups is 1. The number of rotatable bonds is 5. The fourth-order valence-electron chi connectivity index (χ4n) is 9.69. The Balaban J connectivity index is 1.37. The molecule has 2 saturated carbocycles. The summed E-state index contributed by atoms with van der Waals surface area (Å²) >= 11 is 0. The van der Waals surface area contributed by atoms with E-state index in [9.17, 15) is 9.59 Å². The first-order valence-corrected chi connectivity index (χ1v) is 14.7. The van der Waals surface area contributed by atoms with Gasteiger partial charge in [0.15, 0.2) is 0 Å². The molecule has 2 saturated heterocycles. The fraction of sp³-hybridized carbons (Fsp3) is 0.710. The van der Waals surface area contributed by atoms with Crippen LogP contribution in [-0.4, -0.2) is 44.6 Å². The lowest BCUT2D eigenvalue weighted by Gasteiger charge is -2.62. The number of hydrogen-bond donors (Lipinski definition) is 0. The van der Waals surface area contributed by atoms with Crippen molar-refractivity contribution in [3.8, 4) is 0 Å². The molecule has 4 fully saturated rings. The van der Waals surface area contributed by atoms with Crippen LogP contribution in [0.25, 0.3) is 11.0 Å². The monoisotopic (exact) mass is 505 g/mol. The van der Waals surface area contributed by atoms with Crippen LogP contribution in [-0.2, 0) is 4.74 Å². The van der Waals surface area contributed by atoms with Gasteiger partial charge >= 0.3 is 5.97 Å². The lowest BCUT2D eigenvalue weighted by Crippen LogP contribution is -2.64. The first kappa shape index (κ1) is 25.1. The summed E-state index contributed by atoms with van der Waals surface area (Å²) in [6.07, 6.45) is 12.4. The molecule has 3 heterocycles. The number of piperidine rings is 1. The minimum atomic E-state index is -0.616. The molecule has 0 radical (unpaired) electrons. The molecule has 7 atom stereocenters. The average molecular weight is 506 g/mol. The third-order valence-corrected chi connectivity index (χ3v) is 10.2. The molecule has 2 aliphatic carbocycles. The van der Waals surface area contributed by atoms with E-state index in [1.807, 2.05) is 28.8 Å². The Morgan fingerprint density at radius 2 is 1.78 bits per heavy atom. The third-order valence-electron chi connectivity index (χ3n) is 10.2. The summed E-state index contributed by atoms with van der Waals surface area (Å²) in [7, 11) is 0. The van der Waals surface area contributed by atoms with Crippen LogP contribution in [0.15, 0.2) is 29.1 Å².